The molecule has 2 aromatic rings. The molecule has 1 fully saturated rings. The molecule has 2 amide bonds. The molecule has 0 saturated heterocycles. The van der Waals surface area contributed by atoms with E-state index in [4.69, 9.17) is 14.2 Å². The normalized spacial score (nSPS) is 14.1. The minimum Gasteiger partial charge on any atom is -0.492 e. The van der Waals surface area contributed by atoms with Crippen LogP contribution >= 0.6 is 0 Å². The van der Waals surface area contributed by atoms with E-state index in [1.165, 1.54) is 12.4 Å². The zero-order valence-electron chi connectivity index (χ0n) is 19.6. The monoisotopic (exact) mass is 476 g/mol. The highest BCUT2D eigenvalue weighted by atomic mass is 19.1. The first-order valence-corrected chi connectivity index (χ1v) is 10.9. The summed E-state index contributed by atoms with van der Waals surface area (Å²) in [4.78, 5) is 43.0. The summed E-state index contributed by atoms with van der Waals surface area (Å²) in [5.74, 6) is -0.860. The summed E-state index contributed by atoms with van der Waals surface area (Å²) in [7, 11) is 0. The Balaban J connectivity index is 1.53. The molecule has 184 valence electrons. The lowest BCUT2D eigenvalue weighted by Gasteiger charge is -2.22. The van der Waals surface area contributed by atoms with Gasteiger partial charge in [0, 0.05) is 18.3 Å². The number of halogens is 1. The molecule has 0 unspecified atom stereocenters. The number of hydrogen-bond acceptors (Lipinski definition) is 7. The number of alkyl carbamates (subject to hydrolysis) is 1. The summed E-state index contributed by atoms with van der Waals surface area (Å²) in [5, 5.41) is 4.95. The van der Waals surface area contributed by atoms with Crippen LogP contribution < -0.4 is 25.5 Å². The molecule has 0 aliphatic heterocycles. The average molecular weight is 477 g/mol. The minimum absolute atomic E-state index is 0.0607. The molecule has 1 aliphatic rings. The SMILES string of the molecule is C[C@@H](COc1cc(=O)c(NC(=O)c2ncc(OCC3CC3)cc2F)c[nH]1)NC(=O)OC(C)(C)C. The van der Waals surface area contributed by atoms with Gasteiger partial charge >= 0.3 is 6.09 Å². The lowest BCUT2D eigenvalue weighted by Crippen LogP contribution is -2.40. The Labute approximate surface area is 196 Å². The molecule has 2 aromatic heterocycles. The third kappa shape index (κ3) is 7.75. The van der Waals surface area contributed by atoms with Gasteiger partial charge < -0.3 is 29.8 Å². The van der Waals surface area contributed by atoms with Crippen molar-refractivity contribution in [3.8, 4) is 11.6 Å². The van der Waals surface area contributed by atoms with Gasteiger partial charge in [-0.25, -0.2) is 14.2 Å². The standard InChI is InChI=1S/C23H29FN4O6/c1-13(27-22(31)34-23(2,3)4)11-33-19-8-18(29)17(10-25-19)28-21(30)20-16(24)7-15(9-26-20)32-12-14-5-6-14/h7-10,13-14H,5-6,11-12H2,1-4H3,(H,25,29)(H,27,31)(H,28,30)/t13-/m0/s1. The number of carbonyl (C=O) groups is 2. The number of nitrogens with zero attached hydrogens (tertiary/aromatic N) is 1. The average Bonchev–Trinajstić information content (AvgIpc) is 3.55. The van der Waals surface area contributed by atoms with Gasteiger partial charge in [-0.3, -0.25) is 9.59 Å². The molecular formula is C23H29FN4O6. The fraction of sp³-hybridized carbons (Fsp3) is 0.478. The maximum Gasteiger partial charge on any atom is 0.407 e. The van der Waals surface area contributed by atoms with Crippen molar-refractivity contribution in [2.24, 2.45) is 5.92 Å². The molecule has 3 N–H and O–H groups in total. The lowest BCUT2D eigenvalue weighted by atomic mass is 10.2. The largest absolute Gasteiger partial charge is 0.492 e. The van der Waals surface area contributed by atoms with E-state index in [-0.39, 0.29) is 23.9 Å². The summed E-state index contributed by atoms with van der Waals surface area (Å²) in [5.41, 5.74) is -1.74. The van der Waals surface area contributed by atoms with Crippen LogP contribution in [-0.4, -0.2) is 46.8 Å². The van der Waals surface area contributed by atoms with Crippen LogP contribution in [0.25, 0.3) is 0 Å². The predicted molar refractivity (Wildman–Crippen MR) is 122 cm³/mol. The first kappa shape index (κ1) is 25.0. The highest BCUT2D eigenvalue weighted by Crippen LogP contribution is 2.29. The van der Waals surface area contributed by atoms with Gasteiger partial charge in [0.1, 0.15) is 23.6 Å². The van der Waals surface area contributed by atoms with Crippen LogP contribution in [0.15, 0.2) is 29.3 Å². The summed E-state index contributed by atoms with van der Waals surface area (Å²) in [6.45, 7) is 7.52. The van der Waals surface area contributed by atoms with Crippen LogP contribution in [0.2, 0.25) is 0 Å². The van der Waals surface area contributed by atoms with Crippen LogP contribution in [0.3, 0.4) is 0 Å². The highest BCUT2D eigenvalue weighted by molar-refractivity contribution is 6.02. The van der Waals surface area contributed by atoms with Gasteiger partial charge in [-0.2, -0.15) is 0 Å². The Kier molecular flexibility index (Phi) is 7.75. The topological polar surface area (TPSA) is 132 Å². The van der Waals surface area contributed by atoms with Crippen LogP contribution in [0.4, 0.5) is 14.9 Å². The molecule has 1 saturated carbocycles. The molecule has 0 bridgehead atoms. The maximum atomic E-state index is 14.3. The van der Waals surface area contributed by atoms with E-state index in [0.717, 1.165) is 25.0 Å². The van der Waals surface area contributed by atoms with Crippen molar-refractivity contribution in [3.05, 3.63) is 46.3 Å². The van der Waals surface area contributed by atoms with Crippen molar-refractivity contribution < 1.29 is 28.2 Å². The Morgan fingerprint density at radius 1 is 1.26 bits per heavy atom. The van der Waals surface area contributed by atoms with Crippen LogP contribution in [-0.2, 0) is 4.74 Å². The van der Waals surface area contributed by atoms with Gasteiger partial charge in [-0.05, 0) is 46.5 Å². The van der Waals surface area contributed by atoms with E-state index < -0.39 is 40.6 Å². The second-order valence-corrected chi connectivity index (χ2v) is 9.14. The molecule has 2 heterocycles. The lowest BCUT2D eigenvalue weighted by molar-refractivity contribution is 0.0493. The first-order chi connectivity index (χ1) is 16.0. The van der Waals surface area contributed by atoms with Crippen molar-refractivity contribution in [1.82, 2.24) is 15.3 Å². The maximum absolute atomic E-state index is 14.3. The Hall–Kier alpha value is -3.63. The zero-order valence-corrected chi connectivity index (χ0v) is 19.6. The number of rotatable bonds is 9. The van der Waals surface area contributed by atoms with Gasteiger partial charge in [-0.15, -0.1) is 0 Å². The molecule has 0 aromatic carbocycles. The van der Waals surface area contributed by atoms with Crippen molar-refractivity contribution in [3.63, 3.8) is 0 Å². The number of nitrogens with one attached hydrogen (secondary N) is 3. The number of hydrogen-bond donors (Lipinski definition) is 3. The number of H-pyrrole nitrogens is 1. The molecule has 3 rings (SSSR count). The molecule has 0 radical (unpaired) electrons. The van der Waals surface area contributed by atoms with Crippen molar-refractivity contribution in [2.75, 3.05) is 18.5 Å². The smallest absolute Gasteiger partial charge is 0.407 e. The van der Waals surface area contributed by atoms with E-state index in [1.807, 2.05) is 0 Å². The summed E-state index contributed by atoms with van der Waals surface area (Å²) in [6.07, 6.45) is 4.10. The third-order valence-corrected chi connectivity index (χ3v) is 4.60. The molecule has 1 atom stereocenters. The highest BCUT2D eigenvalue weighted by Gasteiger charge is 2.23. The quantitative estimate of drug-likeness (QED) is 0.506. The number of anilines is 1. The number of ether oxygens (including phenoxy) is 3. The molecule has 10 nitrogen and oxygen atoms in total. The number of amides is 2. The number of aromatic nitrogens is 2. The van der Waals surface area contributed by atoms with Gasteiger partial charge in [0.25, 0.3) is 5.91 Å². The fourth-order valence-corrected chi connectivity index (χ4v) is 2.75. The minimum atomic E-state index is -0.874. The molecule has 0 spiro atoms. The van der Waals surface area contributed by atoms with Crippen LogP contribution in [0.5, 0.6) is 11.6 Å². The van der Waals surface area contributed by atoms with E-state index in [0.29, 0.717) is 12.5 Å². The van der Waals surface area contributed by atoms with Crippen molar-refractivity contribution in [1.29, 1.82) is 0 Å². The van der Waals surface area contributed by atoms with E-state index >= 15 is 0 Å². The zero-order chi connectivity index (χ0) is 24.9. The Morgan fingerprint density at radius 3 is 2.62 bits per heavy atom. The molecule has 34 heavy (non-hydrogen) atoms. The van der Waals surface area contributed by atoms with Gasteiger partial charge in [0.15, 0.2) is 17.4 Å². The first-order valence-electron chi connectivity index (χ1n) is 10.9. The second kappa shape index (κ2) is 10.5. The molecular weight excluding hydrogens is 447 g/mol. The van der Waals surface area contributed by atoms with Crippen molar-refractivity contribution >= 4 is 17.7 Å². The summed E-state index contributed by atoms with van der Waals surface area (Å²) in [6, 6.07) is 1.83. The van der Waals surface area contributed by atoms with E-state index in [1.54, 1.807) is 27.7 Å². The molecule has 11 heteroatoms. The molecule has 1 aliphatic carbocycles. The van der Waals surface area contributed by atoms with E-state index in [9.17, 15) is 18.8 Å². The predicted octanol–water partition coefficient (Wildman–Crippen LogP) is 3.24. The summed E-state index contributed by atoms with van der Waals surface area (Å²) >= 11 is 0. The fourth-order valence-electron chi connectivity index (χ4n) is 2.75. The van der Waals surface area contributed by atoms with Gasteiger partial charge in [0.05, 0.1) is 18.8 Å². The van der Waals surface area contributed by atoms with Crippen LogP contribution in [0, 0.1) is 11.7 Å². The Bertz CT molecular complexity index is 1090. The number of carbonyl (C=O) groups excluding carboxylic acids is 2. The second-order valence-electron chi connectivity index (χ2n) is 9.14. The number of pyridine rings is 2. The van der Waals surface area contributed by atoms with Gasteiger partial charge in [-0.1, -0.05) is 0 Å². The third-order valence-electron chi connectivity index (χ3n) is 4.60. The number of aromatic amines is 1. The summed E-state index contributed by atoms with van der Waals surface area (Å²) < 4.78 is 30.4. The van der Waals surface area contributed by atoms with E-state index in [2.05, 4.69) is 20.6 Å². The van der Waals surface area contributed by atoms with Crippen molar-refractivity contribution in [2.45, 2.75) is 52.2 Å². The van der Waals surface area contributed by atoms with Gasteiger partial charge in [0.2, 0.25) is 5.43 Å². The Morgan fingerprint density at radius 2 is 2.00 bits per heavy atom. The van der Waals surface area contributed by atoms with Crippen LogP contribution in [0.1, 0.15) is 51.0 Å².